The van der Waals surface area contributed by atoms with Crippen LogP contribution in [0.1, 0.15) is 25.7 Å². The van der Waals surface area contributed by atoms with Crippen molar-refractivity contribution in [1.82, 2.24) is 4.72 Å². The molecule has 3 unspecified atom stereocenters. The van der Waals surface area contributed by atoms with Crippen LogP contribution in [0.5, 0.6) is 5.75 Å². The van der Waals surface area contributed by atoms with E-state index in [2.05, 4.69) is 4.72 Å². The Kier molecular flexibility index (Phi) is 8.00. The molecular weight excluding hydrogens is 399 g/mol. The number of sulfonamides is 1. The first kappa shape index (κ1) is 21.7. The van der Waals surface area contributed by atoms with Crippen LogP contribution in [0.4, 0.5) is 0 Å². The molecule has 1 heterocycles. The molecule has 1 aliphatic heterocycles. The summed E-state index contributed by atoms with van der Waals surface area (Å²) in [4.78, 5) is 0.0848. The lowest BCUT2D eigenvalue weighted by atomic mass is 10.1. The van der Waals surface area contributed by atoms with Gasteiger partial charge in [-0.05, 0) is 49.9 Å². The van der Waals surface area contributed by atoms with Crippen LogP contribution >= 0.6 is 24.0 Å². The zero-order valence-electron chi connectivity index (χ0n) is 14.5. The van der Waals surface area contributed by atoms with Gasteiger partial charge in [0.15, 0.2) is 0 Å². The minimum Gasteiger partial charge on any atom is -0.492 e. The molecule has 9 heteroatoms. The highest BCUT2D eigenvalue weighted by Gasteiger charge is 2.32. The van der Waals surface area contributed by atoms with Crippen molar-refractivity contribution in [2.45, 2.75) is 36.6 Å². The van der Waals surface area contributed by atoms with E-state index < -0.39 is 10.0 Å². The Hall–Kier alpha value is -0.570. The van der Waals surface area contributed by atoms with Crippen LogP contribution in [0.3, 0.4) is 0 Å². The van der Waals surface area contributed by atoms with Crippen molar-refractivity contribution in [3.63, 3.8) is 0 Å². The van der Waals surface area contributed by atoms with E-state index in [0.717, 1.165) is 32.3 Å². The van der Waals surface area contributed by atoms with Crippen LogP contribution in [0.15, 0.2) is 23.1 Å². The quantitative estimate of drug-likeness (QED) is 0.701. The van der Waals surface area contributed by atoms with Crippen molar-refractivity contribution >= 4 is 34.0 Å². The summed E-state index contributed by atoms with van der Waals surface area (Å²) in [5, 5.41) is 0.360. The van der Waals surface area contributed by atoms with Gasteiger partial charge in [0.2, 0.25) is 10.0 Å². The van der Waals surface area contributed by atoms with Gasteiger partial charge in [0.1, 0.15) is 10.6 Å². The standard InChI is InChI=1S/C17H25ClN2O4S.ClH/c18-14-4-5-16(24-11-12-6-7-23-10-12)17(8-14)25(21,22)20-15-3-1-2-13(15)9-19;/h4-5,8,12-13,15,20H,1-3,6-7,9-11,19H2;1H. The van der Waals surface area contributed by atoms with Crippen molar-refractivity contribution in [3.05, 3.63) is 23.2 Å². The highest BCUT2D eigenvalue weighted by molar-refractivity contribution is 7.89. The minimum atomic E-state index is -3.73. The fraction of sp³-hybridized carbons (Fsp3) is 0.647. The molecule has 1 aliphatic carbocycles. The van der Waals surface area contributed by atoms with E-state index >= 15 is 0 Å². The Morgan fingerprint density at radius 1 is 1.31 bits per heavy atom. The molecule has 2 aliphatic rings. The average molecular weight is 425 g/mol. The lowest BCUT2D eigenvalue weighted by Crippen LogP contribution is -2.40. The summed E-state index contributed by atoms with van der Waals surface area (Å²) in [5.74, 6) is 0.788. The summed E-state index contributed by atoms with van der Waals surface area (Å²) in [6.07, 6.45) is 3.66. The Labute approximate surface area is 166 Å². The number of halogens is 2. The Morgan fingerprint density at radius 2 is 2.12 bits per heavy atom. The smallest absolute Gasteiger partial charge is 0.244 e. The van der Waals surface area contributed by atoms with Crippen molar-refractivity contribution < 1.29 is 17.9 Å². The van der Waals surface area contributed by atoms with Gasteiger partial charge >= 0.3 is 0 Å². The Morgan fingerprint density at radius 3 is 2.81 bits per heavy atom. The normalized spacial score (nSPS) is 25.8. The zero-order chi connectivity index (χ0) is 17.9. The number of hydrogen-bond acceptors (Lipinski definition) is 5. The van der Waals surface area contributed by atoms with Crippen LogP contribution in [0.25, 0.3) is 0 Å². The molecule has 0 aromatic heterocycles. The summed E-state index contributed by atoms with van der Waals surface area (Å²) in [6.45, 7) is 2.28. The average Bonchev–Trinajstić information content (AvgIpc) is 3.24. The first-order chi connectivity index (χ1) is 12.0. The number of nitrogens with one attached hydrogen (secondary N) is 1. The Balaban J connectivity index is 0.00000243. The van der Waals surface area contributed by atoms with Gasteiger partial charge in [-0.3, -0.25) is 0 Å². The van der Waals surface area contributed by atoms with E-state index in [1.165, 1.54) is 6.07 Å². The number of hydrogen-bond donors (Lipinski definition) is 2. The first-order valence-electron chi connectivity index (χ1n) is 8.72. The maximum atomic E-state index is 12.9. The molecule has 3 atom stereocenters. The topological polar surface area (TPSA) is 90.7 Å². The monoisotopic (exact) mass is 424 g/mol. The van der Waals surface area contributed by atoms with Crippen LogP contribution in [-0.2, 0) is 14.8 Å². The fourth-order valence-electron chi connectivity index (χ4n) is 3.47. The maximum absolute atomic E-state index is 12.9. The van der Waals surface area contributed by atoms with Gasteiger partial charge < -0.3 is 15.2 Å². The maximum Gasteiger partial charge on any atom is 0.244 e. The second-order valence-corrected chi connectivity index (χ2v) is 8.90. The summed E-state index contributed by atoms with van der Waals surface area (Å²) in [5.41, 5.74) is 5.76. The van der Waals surface area contributed by atoms with Gasteiger partial charge in [-0.2, -0.15) is 0 Å². The van der Waals surface area contributed by atoms with Crippen molar-refractivity contribution in [1.29, 1.82) is 0 Å². The molecule has 0 radical (unpaired) electrons. The van der Waals surface area contributed by atoms with Gasteiger partial charge in [0, 0.05) is 23.6 Å². The van der Waals surface area contributed by atoms with Crippen molar-refractivity contribution in [2.75, 3.05) is 26.4 Å². The first-order valence-corrected chi connectivity index (χ1v) is 10.6. The minimum absolute atomic E-state index is 0. The largest absolute Gasteiger partial charge is 0.492 e. The second kappa shape index (κ2) is 9.57. The van der Waals surface area contributed by atoms with E-state index in [-0.39, 0.29) is 35.2 Å². The van der Waals surface area contributed by atoms with Gasteiger partial charge in [-0.15, -0.1) is 12.4 Å². The molecule has 3 N–H and O–H groups in total. The molecule has 0 spiro atoms. The predicted molar refractivity (Wildman–Crippen MR) is 104 cm³/mol. The summed E-state index contributed by atoms with van der Waals surface area (Å²) in [7, 11) is -3.73. The summed E-state index contributed by atoms with van der Waals surface area (Å²) >= 11 is 6.03. The molecule has 0 amide bonds. The molecule has 1 saturated heterocycles. The van der Waals surface area contributed by atoms with Crippen LogP contribution in [-0.4, -0.2) is 40.8 Å². The number of benzene rings is 1. The molecule has 26 heavy (non-hydrogen) atoms. The van der Waals surface area contributed by atoms with E-state index in [9.17, 15) is 8.42 Å². The lowest BCUT2D eigenvalue weighted by molar-refractivity contribution is 0.166. The molecule has 1 saturated carbocycles. The third-order valence-electron chi connectivity index (χ3n) is 4.96. The number of ether oxygens (including phenoxy) is 2. The van der Waals surface area contributed by atoms with Gasteiger partial charge in [0.05, 0.1) is 13.2 Å². The third kappa shape index (κ3) is 5.24. The highest BCUT2D eigenvalue weighted by Crippen LogP contribution is 2.31. The Bertz CT molecular complexity index is 696. The SMILES string of the molecule is Cl.NCC1CCCC1NS(=O)(=O)c1cc(Cl)ccc1OCC1CCOC1. The van der Waals surface area contributed by atoms with E-state index in [1.54, 1.807) is 12.1 Å². The molecule has 1 aromatic carbocycles. The zero-order valence-corrected chi connectivity index (χ0v) is 16.9. The molecule has 148 valence electrons. The van der Waals surface area contributed by atoms with Crippen LogP contribution in [0.2, 0.25) is 5.02 Å². The third-order valence-corrected chi connectivity index (χ3v) is 6.71. The van der Waals surface area contributed by atoms with Gasteiger partial charge in [-0.25, -0.2) is 13.1 Å². The van der Waals surface area contributed by atoms with E-state index in [4.69, 9.17) is 26.8 Å². The van der Waals surface area contributed by atoms with Gasteiger partial charge in [-0.1, -0.05) is 18.0 Å². The van der Waals surface area contributed by atoms with E-state index in [1.807, 2.05) is 0 Å². The fourth-order valence-corrected chi connectivity index (χ4v) is 5.22. The second-order valence-electron chi connectivity index (χ2n) is 6.79. The molecule has 2 fully saturated rings. The number of nitrogens with two attached hydrogens (primary N) is 1. The van der Waals surface area contributed by atoms with Crippen molar-refractivity contribution in [2.24, 2.45) is 17.6 Å². The van der Waals surface area contributed by atoms with Crippen molar-refractivity contribution in [3.8, 4) is 5.75 Å². The van der Waals surface area contributed by atoms with Crippen LogP contribution < -0.4 is 15.2 Å². The van der Waals surface area contributed by atoms with Crippen LogP contribution in [0, 0.1) is 11.8 Å². The summed E-state index contributed by atoms with van der Waals surface area (Å²) < 4.78 is 39.7. The highest BCUT2D eigenvalue weighted by atomic mass is 35.5. The summed E-state index contributed by atoms with van der Waals surface area (Å²) in [6, 6.07) is 4.56. The van der Waals surface area contributed by atoms with Gasteiger partial charge in [0.25, 0.3) is 0 Å². The molecular formula is C17H26Cl2N2O4S. The molecule has 6 nitrogen and oxygen atoms in total. The molecule has 0 bridgehead atoms. The van der Waals surface area contributed by atoms with E-state index in [0.29, 0.717) is 30.5 Å². The predicted octanol–water partition coefficient (Wildman–Crippen LogP) is 2.58. The molecule has 3 rings (SSSR count). The molecule has 1 aromatic rings. The lowest BCUT2D eigenvalue weighted by Gasteiger charge is -2.21. The number of rotatable bonds is 7.